The summed E-state index contributed by atoms with van der Waals surface area (Å²) in [7, 11) is -21.7. The zero-order chi connectivity index (χ0) is 37.1. The van der Waals surface area contributed by atoms with Gasteiger partial charge in [-0.3, -0.25) is 9.13 Å². The van der Waals surface area contributed by atoms with Gasteiger partial charge in [-0.05, 0) is 155 Å². The van der Waals surface area contributed by atoms with E-state index in [2.05, 4.69) is 54.6 Å². The summed E-state index contributed by atoms with van der Waals surface area (Å²) in [6.07, 6.45) is 1.29. The van der Waals surface area contributed by atoms with Crippen molar-refractivity contribution in [3.05, 3.63) is 60.2 Å². The van der Waals surface area contributed by atoms with Crippen LogP contribution in [0.4, 0.5) is 0 Å². The smallest absolute Gasteiger partial charge is 0.354 e. The van der Waals surface area contributed by atoms with E-state index in [0.29, 0.717) is 12.8 Å². The van der Waals surface area contributed by atoms with E-state index in [4.69, 9.17) is 21.3 Å². The van der Waals surface area contributed by atoms with Crippen molar-refractivity contribution < 1.29 is 30.4 Å². The summed E-state index contributed by atoms with van der Waals surface area (Å²) in [5.41, 5.74) is 1.17. The van der Waals surface area contributed by atoms with Crippen LogP contribution in [0, 0.1) is 0 Å². The molecular weight excluding hydrogens is 735 g/mol. The van der Waals surface area contributed by atoms with E-state index >= 15 is 9.13 Å². The molecule has 0 bridgehead atoms. The van der Waals surface area contributed by atoms with Crippen molar-refractivity contribution in [1.29, 1.82) is 0 Å². The summed E-state index contributed by atoms with van der Waals surface area (Å²) in [5.74, 6) is 0. The van der Waals surface area contributed by atoms with E-state index in [-0.39, 0.29) is 6.42 Å². The van der Waals surface area contributed by atoms with Crippen LogP contribution in [0.3, 0.4) is 0 Å². The Hall–Kier alpha value is -0.736. The monoisotopic (exact) mass is 794 g/mol. The second-order valence-electron chi connectivity index (χ2n) is 18.2. The van der Waals surface area contributed by atoms with Crippen molar-refractivity contribution in [2.24, 2.45) is 0 Å². The molecule has 0 N–H and O–H groups in total. The Kier molecular flexibility index (Phi) is 11.7. The molecule has 0 saturated heterocycles. The third kappa shape index (κ3) is 9.83. The molecule has 0 spiro atoms. The first-order valence-electron chi connectivity index (χ1n) is 17.5. The third-order valence-corrected chi connectivity index (χ3v) is 25.2. The van der Waals surface area contributed by atoms with E-state index in [0.717, 1.165) is 0 Å². The minimum Gasteiger partial charge on any atom is -0.393 e. The van der Waals surface area contributed by atoms with Crippen LogP contribution in [0.5, 0.6) is 0 Å². The van der Waals surface area contributed by atoms with Gasteiger partial charge in [0.1, 0.15) is 0 Å². The SMILES string of the molecule is C[Si](C)(C)OC(CCCc1ccc2ccc3cccc4ccc1c2c34)(P(=O)(O[Si](C)(C)C)O[Si](C)(C)C)P(=O)(O[Si](C)(C)C)O[Si](C)(C)C. The fourth-order valence-electron chi connectivity index (χ4n) is 6.36. The topological polar surface area (TPSA) is 80.3 Å². The molecule has 7 nitrogen and oxygen atoms in total. The minimum atomic E-state index is -4.34. The van der Waals surface area contributed by atoms with E-state index in [1.807, 2.05) is 98.2 Å². The molecule has 0 fully saturated rings. The summed E-state index contributed by atoms with van der Waals surface area (Å²) in [4.78, 5) is 0. The molecule has 14 heteroatoms. The highest BCUT2D eigenvalue weighted by Gasteiger charge is 2.70. The highest BCUT2D eigenvalue weighted by molar-refractivity contribution is 7.76. The molecule has 0 aliphatic carbocycles. The quantitative estimate of drug-likeness (QED) is 0.0635. The molecular formula is C35H60O7P2Si5. The van der Waals surface area contributed by atoms with Crippen LogP contribution in [-0.2, 0) is 36.8 Å². The lowest BCUT2D eigenvalue weighted by Crippen LogP contribution is -2.50. The predicted molar refractivity (Wildman–Crippen MR) is 223 cm³/mol. The van der Waals surface area contributed by atoms with Crippen molar-refractivity contribution >= 4 is 89.1 Å². The van der Waals surface area contributed by atoms with Crippen molar-refractivity contribution in [2.45, 2.75) is 123 Å². The van der Waals surface area contributed by atoms with Gasteiger partial charge < -0.3 is 21.3 Å². The summed E-state index contributed by atoms with van der Waals surface area (Å²) in [5, 5.41) is 5.42. The van der Waals surface area contributed by atoms with Crippen LogP contribution in [0.1, 0.15) is 18.4 Å². The third-order valence-electron chi connectivity index (χ3n) is 7.47. The predicted octanol–water partition coefficient (Wildman–Crippen LogP) is 13.2. The highest BCUT2D eigenvalue weighted by atomic mass is 31.2. The Morgan fingerprint density at radius 3 is 1.31 bits per heavy atom. The van der Waals surface area contributed by atoms with E-state index in [1.165, 1.54) is 37.9 Å². The van der Waals surface area contributed by atoms with E-state index in [1.54, 1.807) is 0 Å². The maximum Gasteiger partial charge on any atom is 0.354 e. The summed E-state index contributed by atoms with van der Waals surface area (Å²) in [6.45, 7) is 29.9. The lowest BCUT2D eigenvalue weighted by molar-refractivity contribution is 0.142. The molecule has 0 aromatic heterocycles. The Balaban J connectivity index is 1.97. The maximum absolute atomic E-state index is 16.1. The molecule has 49 heavy (non-hydrogen) atoms. The first-order chi connectivity index (χ1) is 22.1. The second-order valence-corrected chi connectivity index (χ2v) is 46.2. The lowest BCUT2D eigenvalue weighted by Gasteiger charge is -2.50. The van der Waals surface area contributed by atoms with Crippen molar-refractivity contribution in [2.75, 3.05) is 0 Å². The van der Waals surface area contributed by atoms with Crippen molar-refractivity contribution in [1.82, 2.24) is 0 Å². The molecule has 0 unspecified atom stereocenters. The Bertz CT molecular complexity index is 1780. The number of rotatable bonds is 16. The first kappa shape index (κ1) is 41.0. The van der Waals surface area contributed by atoms with Gasteiger partial charge in [0, 0.05) is 0 Å². The van der Waals surface area contributed by atoms with Crippen molar-refractivity contribution in [3.63, 3.8) is 0 Å². The maximum atomic E-state index is 16.1. The van der Waals surface area contributed by atoms with Gasteiger partial charge in [-0.25, -0.2) is 0 Å². The van der Waals surface area contributed by atoms with Crippen LogP contribution in [0.15, 0.2) is 54.6 Å². The van der Waals surface area contributed by atoms with Gasteiger partial charge in [-0.1, -0.05) is 54.6 Å². The summed E-state index contributed by atoms with van der Waals surface area (Å²) >= 11 is 0. The van der Waals surface area contributed by atoms with E-state index in [9.17, 15) is 0 Å². The molecule has 0 aliphatic heterocycles. The highest BCUT2D eigenvalue weighted by Crippen LogP contribution is 2.82. The number of aryl methyl sites for hydroxylation is 1. The fraction of sp³-hybridized carbons (Fsp3) is 0.543. The van der Waals surface area contributed by atoms with Gasteiger partial charge in [0.15, 0.2) is 41.6 Å². The number of benzene rings is 4. The van der Waals surface area contributed by atoms with E-state index < -0.39 is 61.9 Å². The Morgan fingerprint density at radius 1 is 0.510 bits per heavy atom. The fourth-order valence-corrected chi connectivity index (χ4v) is 28.3. The first-order valence-corrected chi connectivity index (χ1v) is 37.6. The molecule has 0 radical (unpaired) electrons. The molecule has 4 aromatic carbocycles. The van der Waals surface area contributed by atoms with Crippen LogP contribution >= 0.6 is 15.2 Å². The van der Waals surface area contributed by atoms with Gasteiger partial charge in [0.2, 0.25) is 0 Å². The molecule has 4 aromatic rings. The van der Waals surface area contributed by atoms with Crippen molar-refractivity contribution in [3.8, 4) is 0 Å². The van der Waals surface area contributed by atoms with Gasteiger partial charge in [-0.2, -0.15) is 0 Å². The molecule has 0 aliphatic rings. The van der Waals surface area contributed by atoms with Gasteiger partial charge in [0.25, 0.3) is 5.08 Å². The molecule has 0 saturated carbocycles. The van der Waals surface area contributed by atoms with Crippen LogP contribution in [0.25, 0.3) is 32.3 Å². The lowest BCUT2D eigenvalue weighted by atomic mass is 9.90. The Morgan fingerprint density at radius 2 is 0.898 bits per heavy atom. The van der Waals surface area contributed by atoms with Gasteiger partial charge >= 0.3 is 15.2 Å². The largest absolute Gasteiger partial charge is 0.393 e. The number of hydrogen-bond donors (Lipinski definition) is 0. The normalized spacial score (nSPS) is 14.8. The van der Waals surface area contributed by atoms with Crippen LogP contribution in [0.2, 0.25) is 98.2 Å². The molecule has 4 rings (SSSR count). The zero-order valence-corrected chi connectivity index (χ0v) is 39.4. The van der Waals surface area contributed by atoms with Gasteiger partial charge in [0.05, 0.1) is 0 Å². The van der Waals surface area contributed by atoms with Crippen LogP contribution < -0.4 is 0 Å². The summed E-state index contributed by atoms with van der Waals surface area (Å²) in [6, 6.07) is 19.6. The van der Waals surface area contributed by atoms with Gasteiger partial charge in [-0.15, -0.1) is 0 Å². The average Bonchev–Trinajstić information content (AvgIpc) is 2.86. The standard InChI is InChI=1S/C35H60O7P2Si5/c1-45(2,3)38-35(43(36,39-46(4,5)6)40-47(7,8)9,44(37,41-48(10,11)12)42-49(13,14)15)27-17-20-28-21-22-31-24-23-29-18-16-19-30-25-26-32(28)34(31)33(29)30/h16,18-19,21-26H,17,20,27H2,1-15H3. The minimum absolute atomic E-state index is 0.137. The van der Waals surface area contributed by atoms with Crippen LogP contribution in [-0.4, -0.2) is 46.7 Å². The average molecular weight is 795 g/mol. The zero-order valence-electron chi connectivity index (χ0n) is 32.6. The molecule has 0 amide bonds. The number of hydrogen-bond acceptors (Lipinski definition) is 7. The molecule has 0 heterocycles. The summed E-state index contributed by atoms with van der Waals surface area (Å²) < 4.78 is 66.3. The second kappa shape index (κ2) is 13.9. The Labute approximate surface area is 300 Å². The molecule has 0 atom stereocenters. The molecule has 272 valence electrons.